The zero-order valence-electron chi connectivity index (χ0n) is 15.7. The number of fused-ring (bicyclic) bond motifs is 1. The Bertz CT molecular complexity index is 1140. The molecular weight excluding hydrogens is 424 g/mol. The molecule has 29 heavy (non-hydrogen) atoms. The molecule has 1 saturated heterocycles. The molecule has 1 aliphatic heterocycles. The van der Waals surface area contributed by atoms with Crippen molar-refractivity contribution in [3.63, 3.8) is 0 Å². The largest absolute Gasteiger partial charge is 0.336 e. The van der Waals surface area contributed by atoms with E-state index in [0.29, 0.717) is 10.7 Å². The van der Waals surface area contributed by atoms with Gasteiger partial charge >= 0.3 is 0 Å². The lowest BCUT2D eigenvalue weighted by Gasteiger charge is -2.32. The molecule has 7 nitrogen and oxygen atoms in total. The van der Waals surface area contributed by atoms with Crippen LogP contribution in [0.5, 0.6) is 0 Å². The fourth-order valence-electron chi connectivity index (χ4n) is 3.17. The summed E-state index contributed by atoms with van der Waals surface area (Å²) in [5, 5.41) is 16.1. The molecule has 1 amide bonds. The van der Waals surface area contributed by atoms with Gasteiger partial charge in [0.1, 0.15) is 0 Å². The summed E-state index contributed by atoms with van der Waals surface area (Å²) in [4.78, 5) is 22.7. The van der Waals surface area contributed by atoms with Crippen molar-refractivity contribution in [3.8, 4) is 9.88 Å². The first-order valence-electron chi connectivity index (χ1n) is 9.18. The fraction of sp³-hybridized carbons (Fsp3) is 0.263. The minimum atomic E-state index is 0.0904. The molecule has 1 fully saturated rings. The second-order valence-electron chi connectivity index (χ2n) is 6.81. The summed E-state index contributed by atoms with van der Waals surface area (Å²) >= 11 is 4.66. The first kappa shape index (κ1) is 18.6. The lowest BCUT2D eigenvalue weighted by atomic mass is 10.1. The van der Waals surface area contributed by atoms with Crippen LogP contribution in [0, 0.1) is 0 Å². The summed E-state index contributed by atoms with van der Waals surface area (Å²) in [6, 6.07) is 9.76. The van der Waals surface area contributed by atoms with Crippen molar-refractivity contribution in [2.45, 2.75) is 0 Å². The zero-order chi connectivity index (χ0) is 19.8. The highest BCUT2D eigenvalue weighted by Crippen LogP contribution is 2.33. The summed E-state index contributed by atoms with van der Waals surface area (Å²) in [5.41, 5.74) is 1.59. The number of thiazole rings is 1. The predicted molar refractivity (Wildman–Crippen MR) is 120 cm³/mol. The zero-order valence-corrected chi connectivity index (χ0v) is 18.1. The molecular formula is C19H18N6OS3. The van der Waals surface area contributed by atoms with Crippen LogP contribution in [0.4, 0.5) is 10.3 Å². The van der Waals surface area contributed by atoms with Crippen molar-refractivity contribution in [1.29, 1.82) is 0 Å². The number of hydrogen-bond acceptors (Lipinski definition) is 9. The monoisotopic (exact) mass is 442 g/mol. The smallest absolute Gasteiger partial charge is 0.253 e. The van der Waals surface area contributed by atoms with Crippen LogP contribution in [0.25, 0.3) is 20.1 Å². The normalized spacial score (nSPS) is 15.1. The van der Waals surface area contributed by atoms with Crippen molar-refractivity contribution in [1.82, 2.24) is 25.0 Å². The summed E-state index contributed by atoms with van der Waals surface area (Å²) in [6.45, 7) is 3.37. The number of carbonyl (C=O) groups is 1. The number of benzene rings is 1. The predicted octanol–water partition coefficient (Wildman–Crippen LogP) is 4.01. The number of anilines is 2. The van der Waals surface area contributed by atoms with Gasteiger partial charge in [0.15, 0.2) is 10.1 Å². The molecule has 4 heterocycles. The van der Waals surface area contributed by atoms with Gasteiger partial charge in [0, 0.05) is 31.7 Å². The lowest BCUT2D eigenvalue weighted by molar-refractivity contribution is 0.0664. The van der Waals surface area contributed by atoms with Crippen LogP contribution in [0.15, 0.2) is 35.7 Å². The van der Waals surface area contributed by atoms with E-state index in [1.54, 1.807) is 11.3 Å². The Hall–Kier alpha value is -2.40. The van der Waals surface area contributed by atoms with Gasteiger partial charge in [0.05, 0.1) is 15.1 Å². The first-order chi connectivity index (χ1) is 14.2. The van der Waals surface area contributed by atoms with Crippen LogP contribution >= 0.6 is 34.0 Å². The molecule has 0 unspecified atom stereocenters. The van der Waals surface area contributed by atoms with Crippen LogP contribution in [0.3, 0.4) is 0 Å². The van der Waals surface area contributed by atoms with E-state index in [9.17, 15) is 4.79 Å². The van der Waals surface area contributed by atoms with E-state index in [-0.39, 0.29) is 5.91 Å². The number of nitrogens with zero attached hydrogens (tertiary/aromatic N) is 5. The molecule has 1 N–H and O–H groups in total. The Balaban J connectivity index is 1.34. The van der Waals surface area contributed by atoms with Crippen molar-refractivity contribution >= 4 is 60.4 Å². The molecule has 3 aromatic heterocycles. The molecule has 10 heteroatoms. The van der Waals surface area contributed by atoms with E-state index < -0.39 is 0 Å². The average Bonchev–Trinajstić information content (AvgIpc) is 3.48. The number of amides is 1. The molecule has 5 rings (SSSR count). The molecule has 4 aromatic rings. The van der Waals surface area contributed by atoms with E-state index in [4.69, 9.17) is 0 Å². The summed E-state index contributed by atoms with van der Waals surface area (Å²) < 4.78 is 0.982. The maximum absolute atomic E-state index is 12.8. The number of thiophene rings is 1. The van der Waals surface area contributed by atoms with Crippen LogP contribution in [-0.4, -0.2) is 64.1 Å². The Morgan fingerprint density at radius 1 is 1.07 bits per heavy atom. The minimum absolute atomic E-state index is 0.0904. The summed E-state index contributed by atoms with van der Waals surface area (Å²) in [6.07, 6.45) is 0. The van der Waals surface area contributed by atoms with Crippen molar-refractivity contribution in [2.24, 2.45) is 0 Å². The van der Waals surface area contributed by atoms with Crippen molar-refractivity contribution < 1.29 is 4.79 Å². The van der Waals surface area contributed by atoms with Gasteiger partial charge in [-0.2, -0.15) is 0 Å². The standard InChI is InChI=1S/C19H18N6OS3/c1-24-6-8-25(9-7-24)17(26)12-4-5-13-15(11-12)28-18(20-13)21-19-23-22-16(29-19)14-3-2-10-27-14/h2-5,10-11H,6-9H2,1H3,(H,20,21,23). The third kappa shape index (κ3) is 3.88. The quantitative estimate of drug-likeness (QED) is 0.515. The third-order valence-electron chi connectivity index (χ3n) is 4.80. The average molecular weight is 443 g/mol. The molecule has 1 aromatic carbocycles. The van der Waals surface area contributed by atoms with Crippen LogP contribution in [0.1, 0.15) is 10.4 Å². The Kier molecular flexibility index (Phi) is 5.00. The van der Waals surface area contributed by atoms with Gasteiger partial charge in [-0.05, 0) is 36.7 Å². The topological polar surface area (TPSA) is 74.2 Å². The SMILES string of the molecule is CN1CCN(C(=O)c2ccc3nc(Nc4nnc(-c5cccs5)s4)sc3c2)CC1. The van der Waals surface area contributed by atoms with E-state index in [1.807, 2.05) is 40.6 Å². The van der Waals surface area contributed by atoms with Gasteiger partial charge < -0.3 is 15.1 Å². The van der Waals surface area contributed by atoms with Crippen LogP contribution < -0.4 is 5.32 Å². The maximum atomic E-state index is 12.8. The van der Waals surface area contributed by atoms with Gasteiger partial charge in [-0.25, -0.2) is 4.98 Å². The first-order valence-corrected chi connectivity index (χ1v) is 11.7. The fourth-order valence-corrected chi connectivity index (χ4v) is 5.67. The Morgan fingerprint density at radius 3 is 2.72 bits per heavy atom. The number of aromatic nitrogens is 3. The number of nitrogens with one attached hydrogen (secondary N) is 1. The third-order valence-corrected chi connectivity index (χ3v) is 7.61. The minimum Gasteiger partial charge on any atom is -0.336 e. The van der Waals surface area contributed by atoms with Gasteiger partial charge in [-0.1, -0.05) is 28.7 Å². The van der Waals surface area contributed by atoms with Crippen molar-refractivity contribution in [3.05, 3.63) is 41.3 Å². The molecule has 0 radical (unpaired) electrons. The van der Waals surface area contributed by atoms with Crippen molar-refractivity contribution in [2.75, 3.05) is 38.5 Å². The number of hydrogen-bond donors (Lipinski definition) is 1. The van der Waals surface area contributed by atoms with Gasteiger partial charge in [0.2, 0.25) is 5.13 Å². The van der Waals surface area contributed by atoms with Gasteiger partial charge in [-0.3, -0.25) is 4.79 Å². The second-order valence-corrected chi connectivity index (χ2v) is 9.77. The molecule has 0 saturated carbocycles. The Labute approximate surface area is 179 Å². The van der Waals surface area contributed by atoms with Gasteiger partial charge in [0.25, 0.3) is 5.91 Å². The second kappa shape index (κ2) is 7.79. The number of piperazine rings is 1. The molecule has 1 aliphatic rings. The number of carbonyl (C=O) groups excluding carboxylic acids is 1. The highest BCUT2D eigenvalue weighted by molar-refractivity contribution is 7.24. The number of likely N-dealkylation sites (N-methyl/N-ethyl adjacent to an activating group) is 1. The van der Waals surface area contributed by atoms with E-state index >= 15 is 0 Å². The Morgan fingerprint density at radius 2 is 1.93 bits per heavy atom. The number of rotatable bonds is 4. The summed E-state index contributed by atoms with van der Waals surface area (Å²) in [7, 11) is 2.08. The van der Waals surface area contributed by atoms with Crippen LogP contribution in [-0.2, 0) is 0 Å². The van der Waals surface area contributed by atoms with E-state index in [2.05, 4.69) is 32.4 Å². The van der Waals surface area contributed by atoms with E-state index in [1.165, 1.54) is 22.7 Å². The lowest BCUT2D eigenvalue weighted by Crippen LogP contribution is -2.47. The summed E-state index contributed by atoms with van der Waals surface area (Å²) in [5.74, 6) is 0.0904. The molecule has 0 bridgehead atoms. The maximum Gasteiger partial charge on any atom is 0.253 e. The molecule has 0 aliphatic carbocycles. The van der Waals surface area contributed by atoms with Crippen LogP contribution in [0.2, 0.25) is 0 Å². The highest BCUT2D eigenvalue weighted by Gasteiger charge is 2.21. The van der Waals surface area contributed by atoms with Gasteiger partial charge in [-0.15, -0.1) is 21.5 Å². The molecule has 0 spiro atoms. The molecule has 0 atom stereocenters. The molecule has 148 valence electrons. The highest BCUT2D eigenvalue weighted by atomic mass is 32.1. The van der Waals surface area contributed by atoms with E-state index in [0.717, 1.165) is 51.4 Å².